The van der Waals surface area contributed by atoms with Gasteiger partial charge in [-0.05, 0) is 24.3 Å². The van der Waals surface area contributed by atoms with E-state index in [1.54, 1.807) is 0 Å². The average molecular weight is 389 g/mol. The SMILES string of the molecule is [C-]#[N+]c1ccc(N(CCOc2ccncc2)CC(F)(F)F)cc1C(F)(F)F. The summed E-state index contributed by atoms with van der Waals surface area (Å²) >= 11 is 0. The molecular formula is C17H13F6N3O. The number of hydrogen-bond acceptors (Lipinski definition) is 3. The Morgan fingerprint density at radius 1 is 1.04 bits per heavy atom. The fourth-order valence-electron chi connectivity index (χ4n) is 2.27. The van der Waals surface area contributed by atoms with E-state index in [1.165, 1.54) is 24.5 Å². The first-order valence-electron chi connectivity index (χ1n) is 7.53. The Morgan fingerprint density at radius 3 is 2.26 bits per heavy atom. The Bertz CT molecular complexity index is 799. The van der Waals surface area contributed by atoms with Crippen molar-refractivity contribution in [2.75, 3.05) is 24.6 Å². The number of ether oxygens (including phenoxy) is 1. The minimum atomic E-state index is -4.85. The summed E-state index contributed by atoms with van der Waals surface area (Å²) in [5.41, 5.74) is -2.26. The molecule has 1 aromatic carbocycles. The van der Waals surface area contributed by atoms with Crippen LogP contribution in [0.2, 0.25) is 0 Å². The lowest BCUT2D eigenvalue weighted by Crippen LogP contribution is -2.37. The van der Waals surface area contributed by atoms with Crippen LogP contribution in [0.5, 0.6) is 5.75 Å². The highest BCUT2D eigenvalue weighted by Gasteiger charge is 2.35. The molecule has 0 aliphatic heterocycles. The van der Waals surface area contributed by atoms with E-state index in [0.29, 0.717) is 11.8 Å². The summed E-state index contributed by atoms with van der Waals surface area (Å²) in [5, 5.41) is 0. The van der Waals surface area contributed by atoms with Gasteiger partial charge in [0.1, 0.15) is 18.9 Å². The normalized spacial score (nSPS) is 11.7. The van der Waals surface area contributed by atoms with Gasteiger partial charge in [0.15, 0.2) is 5.69 Å². The van der Waals surface area contributed by atoms with Gasteiger partial charge in [-0.1, -0.05) is 6.07 Å². The molecule has 0 amide bonds. The minimum absolute atomic E-state index is 0.188. The van der Waals surface area contributed by atoms with E-state index in [0.717, 1.165) is 17.0 Å². The van der Waals surface area contributed by atoms with Crippen molar-refractivity contribution in [3.63, 3.8) is 0 Å². The number of nitrogens with zero attached hydrogens (tertiary/aromatic N) is 3. The van der Waals surface area contributed by atoms with Crippen molar-refractivity contribution >= 4 is 11.4 Å². The van der Waals surface area contributed by atoms with Crippen LogP contribution in [0.15, 0.2) is 42.7 Å². The molecule has 0 saturated heterocycles. The van der Waals surface area contributed by atoms with Gasteiger partial charge >= 0.3 is 12.4 Å². The van der Waals surface area contributed by atoms with E-state index in [-0.39, 0.29) is 18.8 Å². The van der Waals surface area contributed by atoms with Crippen molar-refractivity contribution in [2.45, 2.75) is 12.4 Å². The molecule has 0 atom stereocenters. The average Bonchev–Trinajstić information content (AvgIpc) is 2.59. The number of alkyl halides is 6. The van der Waals surface area contributed by atoms with Gasteiger partial charge in [-0.2, -0.15) is 26.3 Å². The zero-order chi connectivity index (χ0) is 20.1. The standard InChI is InChI=1S/C17H13F6N3O/c1-24-15-3-2-12(10-14(15)17(21,22)23)26(11-16(18,19)20)8-9-27-13-4-6-25-7-5-13/h2-7,10H,8-9,11H2. The quantitative estimate of drug-likeness (QED) is 0.509. The molecule has 0 unspecified atom stereocenters. The van der Waals surface area contributed by atoms with Gasteiger partial charge in [-0.15, -0.1) is 0 Å². The highest BCUT2D eigenvalue weighted by atomic mass is 19.4. The van der Waals surface area contributed by atoms with Crippen LogP contribution in [0.4, 0.5) is 37.7 Å². The second-order valence-electron chi connectivity index (χ2n) is 5.38. The number of halogens is 6. The number of rotatable bonds is 6. The Kier molecular flexibility index (Phi) is 6.15. The van der Waals surface area contributed by atoms with E-state index in [2.05, 4.69) is 9.83 Å². The Morgan fingerprint density at radius 2 is 1.70 bits per heavy atom. The molecule has 0 N–H and O–H groups in total. The van der Waals surface area contributed by atoms with E-state index >= 15 is 0 Å². The highest BCUT2D eigenvalue weighted by Crippen LogP contribution is 2.39. The fraction of sp³-hybridized carbons (Fsp3) is 0.294. The molecule has 0 fully saturated rings. The molecule has 0 radical (unpaired) electrons. The zero-order valence-corrected chi connectivity index (χ0v) is 13.7. The van der Waals surface area contributed by atoms with Gasteiger partial charge in [0.05, 0.1) is 18.7 Å². The molecule has 2 rings (SSSR count). The number of aromatic nitrogens is 1. The molecule has 0 bridgehead atoms. The first-order chi connectivity index (χ1) is 12.6. The van der Waals surface area contributed by atoms with E-state index in [4.69, 9.17) is 11.3 Å². The predicted molar refractivity (Wildman–Crippen MR) is 85.7 cm³/mol. The summed E-state index contributed by atoms with van der Waals surface area (Å²) in [6.45, 7) is 4.84. The summed E-state index contributed by atoms with van der Waals surface area (Å²) in [6, 6.07) is 5.46. The maximum Gasteiger partial charge on any atom is 0.407 e. The number of anilines is 1. The molecule has 10 heteroatoms. The number of benzene rings is 1. The van der Waals surface area contributed by atoms with Crippen molar-refractivity contribution in [3.8, 4) is 5.75 Å². The second kappa shape index (κ2) is 8.16. The van der Waals surface area contributed by atoms with Crippen LogP contribution < -0.4 is 9.64 Å². The predicted octanol–water partition coefficient (Wildman–Crippen LogP) is 5.10. The van der Waals surface area contributed by atoms with Crippen LogP contribution in [0.1, 0.15) is 5.56 Å². The lowest BCUT2D eigenvalue weighted by Gasteiger charge is -2.27. The highest BCUT2D eigenvalue weighted by molar-refractivity contribution is 5.62. The molecule has 4 nitrogen and oxygen atoms in total. The van der Waals surface area contributed by atoms with Crippen LogP contribution in [-0.4, -0.2) is 30.9 Å². The zero-order valence-electron chi connectivity index (χ0n) is 13.7. The summed E-state index contributed by atoms with van der Waals surface area (Å²) in [4.78, 5) is 7.26. The van der Waals surface area contributed by atoms with Gasteiger partial charge in [0.25, 0.3) is 0 Å². The Labute approximate surface area is 150 Å². The van der Waals surface area contributed by atoms with Gasteiger partial charge in [0.2, 0.25) is 0 Å². The number of pyridine rings is 1. The maximum atomic E-state index is 13.1. The molecule has 0 aliphatic rings. The molecule has 0 saturated carbocycles. The monoisotopic (exact) mass is 389 g/mol. The van der Waals surface area contributed by atoms with E-state index in [9.17, 15) is 26.3 Å². The smallest absolute Gasteiger partial charge is 0.407 e. The second-order valence-corrected chi connectivity index (χ2v) is 5.38. The van der Waals surface area contributed by atoms with Crippen molar-refractivity contribution in [2.24, 2.45) is 0 Å². The summed E-state index contributed by atoms with van der Waals surface area (Å²) in [6.07, 6.45) is -6.62. The number of hydrogen-bond donors (Lipinski definition) is 0. The molecule has 0 aliphatic carbocycles. The van der Waals surface area contributed by atoms with Crippen LogP contribution >= 0.6 is 0 Å². The third-order valence-electron chi connectivity index (χ3n) is 3.42. The van der Waals surface area contributed by atoms with Crippen molar-refractivity contribution in [1.29, 1.82) is 0 Å². The molecular weight excluding hydrogens is 376 g/mol. The van der Waals surface area contributed by atoms with Gasteiger partial charge in [-0.25, -0.2) is 4.85 Å². The van der Waals surface area contributed by atoms with Crippen LogP contribution in [0.25, 0.3) is 4.85 Å². The molecule has 0 spiro atoms. The largest absolute Gasteiger partial charge is 0.492 e. The van der Waals surface area contributed by atoms with Gasteiger partial charge in [0, 0.05) is 18.1 Å². The molecule has 2 aromatic rings. The van der Waals surface area contributed by atoms with Crippen LogP contribution in [0, 0.1) is 6.57 Å². The third-order valence-corrected chi connectivity index (χ3v) is 3.42. The molecule has 1 aromatic heterocycles. The molecule has 144 valence electrons. The third kappa shape index (κ3) is 6.06. The van der Waals surface area contributed by atoms with Gasteiger partial charge in [-0.3, -0.25) is 4.98 Å². The van der Waals surface area contributed by atoms with Crippen molar-refractivity contribution < 1.29 is 31.1 Å². The van der Waals surface area contributed by atoms with E-state index in [1.807, 2.05) is 0 Å². The van der Waals surface area contributed by atoms with Crippen LogP contribution in [0.3, 0.4) is 0 Å². The van der Waals surface area contributed by atoms with Crippen molar-refractivity contribution in [1.82, 2.24) is 4.98 Å². The van der Waals surface area contributed by atoms with Crippen LogP contribution in [-0.2, 0) is 6.18 Å². The van der Waals surface area contributed by atoms with Gasteiger partial charge < -0.3 is 9.64 Å². The first-order valence-corrected chi connectivity index (χ1v) is 7.53. The summed E-state index contributed by atoms with van der Waals surface area (Å²) < 4.78 is 83.1. The summed E-state index contributed by atoms with van der Waals surface area (Å²) in [5.74, 6) is 0.372. The summed E-state index contributed by atoms with van der Waals surface area (Å²) in [7, 11) is 0. The maximum absolute atomic E-state index is 13.1. The topological polar surface area (TPSA) is 29.7 Å². The lowest BCUT2D eigenvalue weighted by molar-refractivity contribution is -0.136. The molecule has 27 heavy (non-hydrogen) atoms. The lowest BCUT2D eigenvalue weighted by atomic mass is 10.1. The van der Waals surface area contributed by atoms with Crippen molar-refractivity contribution in [3.05, 3.63) is 59.7 Å². The Balaban J connectivity index is 2.24. The van der Waals surface area contributed by atoms with E-state index < -0.39 is 30.1 Å². The Hall–Kier alpha value is -2.96. The fourth-order valence-corrected chi connectivity index (χ4v) is 2.27. The molecule has 1 heterocycles. The first kappa shape index (κ1) is 20.4. The minimum Gasteiger partial charge on any atom is -0.492 e.